The van der Waals surface area contributed by atoms with Crippen LogP contribution in [0.25, 0.3) is 0 Å². The van der Waals surface area contributed by atoms with E-state index in [1.54, 1.807) is 0 Å². The van der Waals surface area contributed by atoms with E-state index < -0.39 is 69.2 Å². The van der Waals surface area contributed by atoms with Crippen LogP contribution in [0, 0.1) is 0 Å². The van der Waals surface area contributed by atoms with Crippen molar-refractivity contribution in [2.45, 2.75) is 0 Å². The van der Waals surface area contributed by atoms with Crippen molar-refractivity contribution in [3.63, 3.8) is 0 Å². The Balaban J connectivity index is 0.000000400. The number of aromatic nitrogens is 6. The van der Waals surface area contributed by atoms with Gasteiger partial charge in [0.15, 0.2) is 74.4 Å². The standard InChI is InChI=1S/C12H6O12.6C5H5N/c13-7(14)1-2(8(15)16)4(10(19)20)6(12(23)24)5(11(21)22)3(1)9(17)18;6*1-2-4-6-5-3-1/h(H,13,14)(H,15,16)(H,17,18)(H,19,20)(H,21,22)(H,23,24);6*1-5H. The van der Waals surface area contributed by atoms with E-state index in [4.69, 9.17) is 0 Å². The fraction of sp³-hybridized carbons (Fsp3) is 0. The maximum Gasteiger partial charge on any atom is 0.166 e. The highest BCUT2D eigenvalue weighted by Gasteiger charge is 2.27. The number of aromatic amines is 6. The van der Waals surface area contributed by atoms with Crippen LogP contribution in [0.15, 0.2) is 184 Å². The molecular formula is C42H36N6O12. The van der Waals surface area contributed by atoms with Crippen molar-refractivity contribution >= 4 is 35.8 Å². The zero-order valence-corrected chi connectivity index (χ0v) is 31.2. The Labute approximate surface area is 341 Å². The monoisotopic (exact) mass is 816 g/mol. The van der Waals surface area contributed by atoms with E-state index in [-0.39, 0.29) is 0 Å². The van der Waals surface area contributed by atoms with Gasteiger partial charge in [-0.25, -0.2) is 29.9 Å². The summed E-state index contributed by atoms with van der Waals surface area (Å²) in [5.74, 6) is -16.0. The van der Waals surface area contributed by atoms with Crippen molar-refractivity contribution in [3.8, 4) is 0 Å². The molecule has 18 heteroatoms. The minimum atomic E-state index is -2.66. The zero-order chi connectivity index (χ0) is 44.4. The zero-order valence-electron chi connectivity index (χ0n) is 31.2. The summed E-state index contributed by atoms with van der Waals surface area (Å²) < 4.78 is 0. The second kappa shape index (κ2) is 30.2. The van der Waals surface area contributed by atoms with Crippen LogP contribution in [0.1, 0.15) is 62.1 Å². The van der Waals surface area contributed by atoms with Gasteiger partial charge in [-0.15, -0.1) is 0 Å². The number of nitrogens with one attached hydrogen (secondary N) is 6. The fourth-order valence-electron chi connectivity index (χ4n) is 4.03. The van der Waals surface area contributed by atoms with Gasteiger partial charge < -0.3 is 59.4 Å². The summed E-state index contributed by atoms with van der Waals surface area (Å²) in [5, 5.41) is 66.0. The molecule has 0 atom stereocenters. The van der Waals surface area contributed by atoms with Crippen LogP contribution in [0.4, 0.5) is 0 Å². The number of pyridine rings is 6. The average molecular weight is 817 g/mol. The van der Waals surface area contributed by atoms with E-state index in [2.05, 4.69) is 29.9 Å². The fourth-order valence-corrected chi connectivity index (χ4v) is 4.03. The van der Waals surface area contributed by atoms with Crippen LogP contribution in [-0.4, -0.2) is 35.8 Å². The smallest absolute Gasteiger partial charge is 0.166 e. The van der Waals surface area contributed by atoms with Crippen molar-refractivity contribution in [1.82, 2.24) is 0 Å². The number of hydrogen-bond acceptors (Lipinski definition) is 12. The molecule has 18 nitrogen and oxygen atoms in total. The highest BCUT2D eigenvalue weighted by molar-refractivity contribution is 6.21. The minimum Gasteiger partial charge on any atom is -0.545 e. The molecule has 0 aliphatic carbocycles. The summed E-state index contributed by atoms with van der Waals surface area (Å²) in [6, 6.07) is 35.1. The van der Waals surface area contributed by atoms with E-state index in [9.17, 15) is 59.4 Å². The quantitative estimate of drug-likeness (QED) is 0.152. The Morgan fingerprint density at radius 2 is 0.317 bits per heavy atom. The van der Waals surface area contributed by atoms with Gasteiger partial charge in [0, 0.05) is 106 Å². The third-order valence-electron chi connectivity index (χ3n) is 6.37. The van der Waals surface area contributed by atoms with Gasteiger partial charge in [0.2, 0.25) is 0 Å². The topological polar surface area (TPSA) is 326 Å². The number of benzene rings is 1. The third-order valence-corrected chi connectivity index (χ3v) is 6.37. The SMILES string of the molecule is O=C([O-])c1c(C(=O)[O-])c(C(=O)[O-])c(C(=O)[O-])c(C(=O)[O-])c1C(=O)[O-].c1cc[nH+]cc1.c1cc[nH+]cc1.c1cc[nH+]cc1.c1cc[nH+]cc1.c1cc[nH+]cc1.c1cc[nH+]cc1. The second-order valence-electron chi connectivity index (χ2n) is 10.4. The molecule has 6 N–H and O–H groups in total. The molecule has 0 aliphatic heterocycles. The summed E-state index contributed by atoms with van der Waals surface area (Å²) in [6.07, 6.45) is 22.5. The number of carbonyl (C=O) groups is 6. The molecule has 6 heterocycles. The van der Waals surface area contributed by atoms with Gasteiger partial charge in [0.1, 0.15) is 0 Å². The lowest BCUT2D eigenvalue weighted by Gasteiger charge is -2.28. The second-order valence-corrected chi connectivity index (χ2v) is 10.4. The average Bonchev–Trinajstić information content (AvgIpc) is 3.30. The molecule has 0 fully saturated rings. The lowest BCUT2D eigenvalue weighted by Crippen LogP contribution is -2.44. The predicted octanol–water partition coefficient (Wildman–Crippen LogP) is -5.13. The molecule has 0 aliphatic rings. The molecule has 60 heavy (non-hydrogen) atoms. The third kappa shape index (κ3) is 20.0. The number of rotatable bonds is 6. The molecule has 6 aromatic heterocycles. The van der Waals surface area contributed by atoms with Crippen LogP contribution in [0.3, 0.4) is 0 Å². The van der Waals surface area contributed by atoms with E-state index in [1.807, 2.05) is 184 Å². The molecule has 0 spiro atoms. The lowest BCUT2D eigenvalue weighted by molar-refractivity contribution is -0.378. The minimum absolute atomic E-state index is 1.88. The Kier molecular flexibility index (Phi) is 24.6. The molecule has 1 aromatic carbocycles. The first-order valence-corrected chi connectivity index (χ1v) is 16.9. The van der Waals surface area contributed by atoms with E-state index >= 15 is 0 Å². The number of carboxylic acids is 6. The first-order chi connectivity index (χ1) is 28.9. The van der Waals surface area contributed by atoms with E-state index in [1.165, 1.54) is 0 Å². The summed E-state index contributed by atoms with van der Waals surface area (Å²) in [4.78, 5) is 83.3. The van der Waals surface area contributed by atoms with Crippen molar-refractivity contribution in [2.75, 3.05) is 0 Å². The molecule has 0 saturated heterocycles. The van der Waals surface area contributed by atoms with Crippen molar-refractivity contribution in [1.29, 1.82) is 0 Å². The summed E-state index contributed by atoms with van der Waals surface area (Å²) in [7, 11) is 0. The first kappa shape index (κ1) is 49.0. The van der Waals surface area contributed by atoms with Gasteiger partial charge in [-0.2, -0.15) is 0 Å². The molecule has 0 bridgehead atoms. The van der Waals surface area contributed by atoms with Crippen LogP contribution < -0.4 is 60.5 Å². The largest absolute Gasteiger partial charge is 0.545 e. The summed E-state index contributed by atoms with van der Waals surface area (Å²) >= 11 is 0. The highest BCUT2D eigenvalue weighted by atomic mass is 16.4. The molecule has 306 valence electrons. The normalized spacial score (nSPS) is 8.80. The van der Waals surface area contributed by atoms with Gasteiger partial charge >= 0.3 is 0 Å². The van der Waals surface area contributed by atoms with E-state index in [0.29, 0.717) is 0 Å². The van der Waals surface area contributed by atoms with Crippen molar-refractivity contribution < 1.29 is 89.3 Å². The van der Waals surface area contributed by atoms with Gasteiger partial charge in [-0.05, 0) is 0 Å². The van der Waals surface area contributed by atoms with Crippen molar-refractivity contribution in [3.05, 3.63) is 217 Å². The van der Waals surface area contributed by atoms with Crippen LogP contribution >= 0.6 is 0 Å². The molecule has 7 rings (SSSR count). The maximum absolute atomic E-state index is 11.0. The van der Waals surface area contributed by atoms with E-state index in [0.717, 1.165) is 0 Å². The first-order valence-electron chi connectivity index (χ1n) is 16.9. The summed E-state index contributed by atoms with van der Waals surface area (Å²) in [6.45, 7) is 0. The lowest BCUT2D eigenvalue weighted by atomic mass is 9.86. The number of carbonyl (C=O) groups excluding carboxylic acids is 6. The predicted molar refractivity (Wildman–Crippen MR) is 190 cm³/mol. The van der Waals surface area contributed by atoms with Crippen LogP contribution in [0.2, 0.25) is 0 Å². The molecule has 0 amide bonds. The van der Waals surface area contributed by atoms with Gasteiger partial charge in [-0.1, -0.05) is 36.4 Å². The van der Waals surface area contributed by atoms with Crippen molar-refractivity contribution in [2.24, 2.45) is 0 Å². The Morgan fingerprint density at radius 3 is 0.350 bits per heavy atom. The molecular weight excluding hydrogens is 780 g/mol. The van der Waals surface area contributed by atoms with Gasteiger partial charge in [0.05, 0.1) is 35.8 Å². The van der Waals surface area contributed by atoms with Crippen LogP contribution in [-0.2, 0) is 0 Å². The van der Waals surface area contributed by atoms with Gasteiger partial charge in [-0.3, -0.25) is 0 Å². The number of carboxylic acid groups (broad SMARTS) is 6. The molecule has 7 aromatic rings. The highest BCUT2D eigenvalue weighted by Crippen LogP contribution is 2.27. The maximum atomic E-state index is 11.0. The summed E-state index contributed by atoms with van der Waals surface area (Å²) in [5.41, 5.74) is -12.0. The number of aromatic carboxylic acids is 6. The number of hydrogen-bond donors (Lipinski definition) is 0. The molecule has 0 unspecified atom stereocenters. The van der Waals surface area contributed by atoms with Gasteiger partial charge in [0.25, 0.3) is 0 Å². The van der Waals surface area contributed by atoms with Crippen LogP contribution in [0.5, 0.6) is 0 Å². The molecule has 0 saturated carbocycles. The Hall–Kier alpha value is -9.06. The Morgan fingerprint density at radius 1 is 0.217 bits per heavy atom. The Bertz CT molecular complexity index is 1680. The molecule has 0 radical (unpaired) electrons. The number of H-pyrrole nitrogens is 6.